The zero-order valence-corrected chi connectivity index (χ0v) is 20.5. The second-order valence-corrected chi connectivity index (χ2v) is 9.13. The Labute approximate surface area is 218 Å². The lowest BCUT2D eigenvalue weighted by Crippen LogP contribution is -2.30. The number of alkyl halides is 3. The van der Waals surface area contributed by atoms with Gasteiger partial charge in [-0.15, -0.1) is 0 Å². The third-order valence-corrected chi connectivity index (χ3v) is 6.60. The van der Waals surface area contributed by atoms with Crippen molar-refractivity contribution in [1.29, 1.82) is 0 Å². The van der Waals surface area contributed by atoms with E-state index in [0.29, 0.717) is 35.5 Å². The fourth-order valence-corrected chi connectivity index (χ4v) is 4.84. The normalized spacial score (nSPS) is 12.8. The number of aryl methyl sites for hydroxylation is 1. The number of pyridine rings is 1. The zero-order chi connectivity index (χ0) is 26.9. The van der Waals surface area contributed by atoms with Gasteiger partial charge in [0.15, 0.2) is 0 Å². The first-order chi connectivity index (χ1) is 18.2. The molecular weight excluding hydrogens is 491 g/mol. The molecule has 0 aliphatic carbocycles. The van der Waals surface area contributed by atoms with Crippen molar-refractivity contribution in [2.75, 3.05) is 16.8 Å². The number of rotatable bonds is 5. The van der Waals surface area contributed by atoms with Crippen molar-refractivity contribution in [3.8, 4) is 11.1 Å². The van der Waals surface area contributed by atoms with Gasteiger partial charge >= 0.3 is 6.18 Å². The van der Waals surface area contributed by atoms with Crippen LogP contribution < -0.4 is 10.2 Å². The van der Waals surface area contributed by atoms with Gasteiger partial charge in [0.05, 0.1) is 17.5 Å². The topological polar surface area (TPSA) is 62.3 Å². The van der Waals surface area contributed by atoms with Crippen molar-refractivity contribution in [2.45, 2.75) is 25.9 Å². The van der Waals surface area contributed by atoms with Gasteiger partial charge < -0.3 is 10.2 Å². The van der Waals surface area contributed by atoms with Gasteiger partial charge in [0.25, 0.3) is 5.91 Å². The molecular formula is C30H24F3N3O2. The highest BCUT2D eigenvalue weighted by molar-refractivity contribution is 6.10. The predicted molar refractivity (Wildman–Crippen MR) is 140 cm³/mol. The number of halogens is 3. The number of nitrogens with one attached hydrogen (secondary N) is 1. The van der Waals surface area contributed by atoms with E-state index in [9.17, 15) is 22.8 Å². The van der Waals surface area contributed by atoms with Crippen molar-refractivity contribution in [3.63, 3.8) is 0 Å². The van der Waals surface area contributed by atoms with E-state index < -0.39 is 23.2 Å². The summed E-state index contributed by atoms with van der Waals surface area (Å²) in [6, 6.07) is 21.3. The van der Waals surface area contributed by atoms with E-state index in [1.807, 2.05) is 6.07 Å². The molecule has 0 saturated heterocycles. The second-order valence-electron chi connectivity index (χ2n) is 9.13. The SMILES string of the molecule is Cc1ccc(C(F)(F)F)c(C(=O)Nc2ccc3c(c2)CCN3C(=O)Cc2ccccn2)c1-c1ccccc1. The number of carbonyl (C=O) groups excluding carboxylic acids is 2. The average Bonchev–Trinajstić information content (AvgIpc) is 3.32. The highest BCUT2D eigenvalue weighted by Gasteiger charge is 2.37. The van der Waals surface area contributed by atoms with Gasteiger partial charge in [-0.2, -0.15) is 13.2 Å². The van der Waals surface area contributed by atoms with Crippen LogP contribution in [0.4, 0.5) is 24.5 Å². The monoisotopic (exact) mass is 515 g/mol. The van der Waals surface area contributed by atoms with Crippen molar-refractivity contribution in [3.05, 3.63) is 113 Å². The molecule has 192 valence electrons. The second kappa shape index (κ2) is 10.1. The molecule has 3 aromatic carbocycles. The number of amides is 2. The molecule has 0 radical (unpaired) electrons. The third-order valence-electron chi connectivity index (χ3n) is 6.60. The Bertz CT molecular complexity index is 1500. The van der Waals surface area contributed by atoms with Gasteiger partial charge in [0, 0.05) is 29.8 Å². The van der Waals surface area contributed by atoms with E-state index in [-0.39, 0.29) is 17.9 Å². The van der Waals surface area contributed by atoms with Crippen LogP contribution >= 0.6 is 0 Å². The smallest absolute Gasteiger partial charge is 0.322 e. The number of aromatic nitrogens is 1. The van der Waals surface area contributed by atoms with Gasteiger partial charge in [0.1, 0.15) is 0 Å². The van der Waals surface area contributed by atoms with E-state index >= 15 is 0 Å². The van der Waals surface area contributed by atoms with Gasteiger partial charge in [-0.1, -0.05) is 42.5 Å². The number of fused-ring (bicyclic) bond motifs is 1. The number of hydrogen-bond acceptors (Lipinski definition) is 3. The molecule has 1 aliphatic rings. The fraction of sp³-hybridized carbons (Fsp3) is 0.167. The van der Waals surface area contributed by atoms with Crippen molar-refractivity contribution < 1.29 is 22.8 Å². The molecule has 0 bridgehead atoms. The molecule has 5 nitrogen and oxygen atoms in total. The minimum Gasteiger partial charge on any atom is -0.322 e. The van der Waals surface area contributed by atoms with Crippen LogP contribution in [0.15, 0.2) is 85.1 Å². The Morgan fingerprint density at radius 3 is 2.45 bits per heavy atom. The summed E-state index contributed by atoms with van der Waals surface area (Å²) in [6.45, 7) is 2.16. The number of benzene rings is 3. The number of nitrogens with zero attached hydrogens (tertiary/aromatic N) is 2. The number of carbonyl (C=O) groups is 2. The van der Waals surface area contributed by atoms with E-state index in [0.717, 1.165) is 17.3 Å². The summed E-state index contributed by atoms with van der Waals surface area (Å²) in [5.41, 5.74) is 2.50. The van der Waals surface area contributed by atoms with E-state index in [1.165, 1.54) is 6.07 Å². The molecule has 0 atom stereocenters. The Kier molecular flexibility index (Phi) is 6.72. The van der Waals surface area contributed by atoms with E-state index in [2.05, 4.69) is 10.3 Å². The summed E-state index contributed by atoms with van der Waals surface area (Å²) in [6.07, 6.45) is -2.34. The Morgan fingerprint density at radius 1 is 0.974 bits per heavy atom. The van der Waals surface area contributed by atoms with Crippen LogP contribution in [-0.2, 0) is 23.8 Å². The molecule has 1 aromatic heterocycles. The molecule has 0 saturated carbocycles. The van der Waals surface area contributed by atoms with Crippen molar-refractivity contribution in [2.24, 2.45) is 0 Å². The Balaban J connectivity index is 1.44. The van der Waals surface area contributed by atoms with Crippen LogP contribution in [0.25, 0.3) is 11.1 Å². The highest BCUT2D eigenvalue weighted by atomic mass is 19.4. The molecule has 0 fully saturated rings. The minimum absolute atomic E-state index is 0.0960. The lowest BCUT2D eigenvalue weighted by atomic mass is 9.90. The van der Waals surface area contributed by atoms with E-state index in [4.69, 9.17) is 0 Å². The predicted octanol–water partition coefficient (Wildman–Crippen LogP) is 6.46. The van der Waals surface area contributed by atoms with E-state index in [1.54, 1.807) is 78.7 Å². The molecule has 5 rings (SSSR count). The first kappa shape index (κ1) is 25.2. The Morgan fingerprint density at radius 2 is 1.74 bits per heavy atom. The molecule has 8 heteroatoms. The maximum absolute atomic E-state index is 14.0. The summed E-state index contributed by atoms with van der Waals surface area (Å²) in [5, 5.41) is 2.67. The summed E-state index contributed by atoms with van der Waals surface area (Å²) in [4.78, 5) is 32.2. The quantitative estimate of drug-likeness (QED) is 0.332. The Hall–Kier alpha value is -4.46. The molecule has 1 aliphatic heterocycles. The molecule has 4 aromatic rings. The molecule has 2 amide bonds. The summed E-state index contributed by atoms with van der Waals surface area (Å²) in [5.74, 6) is -0.942. The van der Waals surface area contributed by atoms with Crippen LogP contribution in [0.5, 0.6) is 0 Å². The van der Waals surface area contributed by atoms with Gasteiger partial charge in [-0.25, -0.2) is 0 Å². The molecule has 2 heterocycles. The lowest BCUT2D eigenvalue weighted by molar-refractivity contribution is -0.137. The molecule has 1 N–H and O–H groups in total. The summed E-state index contributed by atoms with van der Waals surface area (Å²) in [7, 11) is 0. The largest absolute Gasteiger partial charge is 0.417 e. The number of anilines is 2. The fourth-order valence-electron chi connectivity index (χ4n) is 4.84. The minimum atomic E-state index is -4.71. The third kappa shape index (κ3) is 5.02. The number of hydrogen-bond donors (Lipinski definition) is 1. The first-order valence-electron chi connectivity index (χ1n) is 12.1. The maximum Gasteiger partial charge on any atom is 0.417 e. The molecule has 38 heavy (non-hydrogen) atoms. The van der Waals surface area contributed by atoms with Gasteiger partial charge in [-0.05, 0) is 72.0 Å². The van der Waals surface area contributed by atoms with Gasteiger partial charge in [0.2, 0.25) is 5.91 Å². The molecule has 0 unspecified atom stereocenters. The van der Waals surface area contributed by atoms with Crippen LogP contribution in [0.3, 0.4) is 0 Å². The highest BCUT2D eigenvalue weighted by Crippen LogP contribution is 2.39. The first-order valence-corrected chi connectivity index (χ1v) is 12.1. The molecule has 0 spiro atoms. The average molecular weight is 516 g/mol. The van der Waals surface area contributed by atoms with Crippen molar-refractivity contribution in [1.82, 2.24) is 4.98 Å². The zero-order valence-electron chi connectivity index (χ0n) is 20.5. The maximum atomic E-state index is 14.0. The van der Waals surface area contributed by atoms with Gasteiger partial charge in [-0.3, -0.25) is 14.6 Å². The van der Waals surface area contributed by atoms with Crippen LogP contribution in [0, 0.1) is 6.92 Å². The summed E-state index contributed by atoms with van der Waals surface area (Å²) >= 11 is 0. The van der Waals surface area contributed by atoms with Crippen LogP contribution in [0.2, 0.25) is 0 Å². The standard InChI is InChI=1S/C30H24F3N3O2/c1-19-10-12-24(30(31,32)33)28(27(19)20-7-3-2-4-8-20)29(38)35-23-11-13-25-21(17-23)14-16-36(25)26(37)18-22-9-5-6-15-34-22/h2-13,15,17H,14,16,18H2,1H3,(H,35,38). The summed E-state index contributed by atoms with van der Waals surface area (Å²) < 4.78 is 42.0. The lowest BCUT2D eigenvalue weighted by Gasteiger charge is -2.20. The van der Waals surface area contributed by atoms with Crippen molar-refractivity contribution >= 4 is 23.2 Å². The van der Waals surface area contributed by atoms with Crippen LogP contribution in [-0.4, -0.2) is 23.3 Å². The van der Waals surface area contributed by atoms with Crippen LogP contribution in [0.1, 0.15) is 32.7 Å².